The van der Waals surface area contributed by atoms with E-state index in [0.717, 1.165) is 35.7 Å². The number of piperidine rings is 1. The van der Waals surface area contributed by atoms with Crippen molar-refractivity contribution in [2.24, 2.45) is 0 Å². The molecule has 1 aliphatic heterocycles. The van der Waals surface area contributed by atoms with Crippen molar-refractivity contribution in [1.82, 2.24) is 20.2 Å². The molecule has 2 amide bonds. The van der Waals surface area contributed by atoms with Crippen LogP contribution in [0.15, 0.2) is 36.4 Å². The average Bonchev–Trinajstić information content (AvgIpc) is 2.77. The van der Waals surface area contributed by atoms with E-state index in [1.165, 1.54) is 0 Å². The van der Waals surface area contributed by atoms with Crippen LogP contribution in [0.1, 0.15) is 57.1 Å². The molecule has 1 aliphatic rings. The number of nitrogens with one attached hydrogen (secondary N) is 2. The molecular weight excluding hydrogens is 402 g/mol. The first-order valence-corrected chi connectivity index (χ1v) is 11.3. The van der Waals surface area contributed by atoms with E-state index in [9.17, 15) is 9.59 Å². The smallest absolute Gasteiger partial charge is 0.247 e. The summed E-state index contributed by atoms with van der Waals surface area (Å²) >= 11 is 0. The van der Waals surface area contributed by atoms with Crippen molar-refractivity contribution >= 4 is 17.6 Å². The number of benzene rings is 1. The van der Waals surface area contributed by atoms with Crippen LogP contribution in [0, 0.1) is 6.92 Å². The molecule has 2 N–H and O–H groups in total. The second-order valence-electron chi connectivity index (χ2n) is 9.52. The van der Waals surface area contributed by atoms with Crippen LogP contribution in [0.25, 0.3) is 0 Å². The molecule has 32 heavy (non-hydrogen) atoms. The van der Waals surface area contributed by atoms with Gasteiger partial charge in [0.1, 0.15) is 17.2 Å². The third-order valence-electron chi connectivity index (χ3n) is 6.10. The number of aromatic nitrogens is 2. The van der Waals surface area contributed by atoms with Crippen LogP contribution < -0.4 is 10.6 Å². The van der Waals surface area contributed by atoms with Gasteiger partial charge in [0.15, 0.2) is 0 Å². The van der Waals surface area contributed by atoms with Crippen LogP contribution in [-0.4, -0.2) is 52.4 Å². The van der Waals surface area contributed by atoms with Gasteiger partial charge in [-0.2, -0.15) is 0 Å². The lowest BCUT2D eigenvalue weighted by atomic mass is 9.80. The van der Waals surface area contributed by atoms with Gasteiger partial charge in [0, 0.05) is 43.7 Å². The lowest BCUT2D eigenvalue weighted by molar-refractivity contribution is -0.142. The van der Waals surface area contributed by atoms with E-state index >= 15 is 0 Å². The van der Waals surface area contributed by atoms with Crippen LogP contribution in [-0.2, 0) is 21.4 Å². The third-order valence-corrected chi connectivity index (χ3v) is 6.10. The Kier molecular flexibility index (Phi) is 7.16. The van der Waals surface area contributed by atoms with E-state index in [0.29, 0.717) is 25.9 Å². The Hall–Kier alpha value is -2.96. The van der Waals surface area contributed by atoms with Crippen molar-refractivity contribution in [2.75, 3.05) is 25.5 Å². The molecule has 0 aliphatic carbocycles. The van der Waals surface area contributed by atoms with Crippen molar-refractivity contribution in [3.63, 3.8) is 0 Å². The van der Waals surface area contributed by atoms with Crippen molar-refractivity contribution in [3.8, 4) is 0 Å². The molecule has 0 unspecified atom stereocenters. The SMILES string of the molecule is CNc1cc(C)nc([C@@]2(C)CCCN(C(=O)C(C)(C)NC(=O)CCc3ccccc3)C2)n1. The van der Waals surface area contributed by atoms with Gasteiger partial charge in [-0.05, 0) is 45.6 Å². The van der Waals surface area contributed by atoms with Gasteiger partial charge in [-0.1, -0.05) is 37.3 Å². The summed E-state index contributed by atoms with van der Waals surface area (Å²) in [5.41, 5.74) is 0.696. The summed E-state index contributed by atoms with van der Waals surface area (Å²) in [6, 6.07) is 11.8. The zero-order valence-electron chi connectivity index (χ0n) is 19.9. The highest BCUT2D eigenvalue weighted by atomic mass is 16.2. The highest BCUT2D eigenvalue weighted by Gasteiger charge is 2.41. The molecule has 0 spiro atoms. The maximum Gasteiger partial charge on any atom is 0.247 e. The highest BCUT2D eigenvalue weighted by Crippen LogP contribution is 2.33. The Morgan fingerprint density at radius 3 is 2.59 bits per heavy atom. The zero-order valence-corrected chi connectivity index (χ0v) is 19.9. The number of nitrogens with zero attached hydrogens (tertiary/aromatic N) is 3. The quantitative estimate of drug-likeness (QED) is 0.694. The molecule has 1 atom stereocenters. The van der Waals surface area contributed by atoms with Crippen molar-refractivity contribution < 1.29 is 9.59 Å². The van der Waals surface area contributed by atoms with Crippen LogP contribution in [0.5, 0.6) is 0 Å². The summed E-state index contributed by atoms with van der Waals surface area (Å²) in [5, 5.41) is 6.04. The van der Waals surface area contributed by atoms with E-state index in [2.05, 4.69) is 27.5 Å². The second kappa shape index (κ2) is 9.67. The number of carbonyl (C=O) groups is 2. The molecular formula is C25H35N5O2. The van der Waals surface area contributed by atoms with Crippen LogP contribution in [0.3, 0.4) is 0 Å². The average molecular weight is 438 g/mol. The van der Waals surface area contributed by atoms with Crippen molar-refractivity contribution in [3.05, 3.63) is 53.5 Å². The van der Waals surface area contributed by atoms with E-state index < -0.39 is 5.54 Å². The zero-order chi connectivity index (χ0) is 23.4. The van der Waals surface area contributed by atoms with E-state index in [4.69, 9.17) is 0 Å². The molecule has 1 saturated heterocycles. The van der Waals surface area contributed by atoms with Gasteiger partial charge in [-0.3, -0.25) is 9.59 Å². The molecule has 2 aromatic rings. The number of hydrogen-bond donors (Lipinski definition) is 2. The van der Waals surface area contributed by atoms with Gasteiger partial charge >= 0.3 is 0 Å². The highest BCUT2D eigenvalue weighted by molar-refractivity contribution is 5.91. The molecule has 0 saturated carbocycles. The normalized spacial score (nSPS) is 18.8. The number of likely N-dealkylation sites (tertiary alicyclic amines) is 1. The predicted octanol–water partition coefficient (Wildman–Crippen LogP) is 3.23. The summed E-state index contributed by atoms with van der Waals surface area (Å²) in [4.78, 5) is 37.2. The van der Waals surface area contributed by atoms with Crippen molar-refractivity contribution in [1.29, 1.82) is 0 Å². The summed E-state index contributed by atoms with van der Waals surface area (Å²) in [6.45, 7) is 8.83. The van der Waals surface area contributed by atoms with Crippen molar-refractivity contribution in [2.45, 2.75) is 64.3 Å². The number of carbonyl (C=O) groups excluding carboxylic acids is 2. The van der Waals surface area contributed by atoms with Crippen LogP contribution in [0.2, 0.25) is 0 Å². The fourth-order valence-electron chi connectivity index (χ4n) is 4.32. The fraction of sp³-hybridized carbons (Fsp3) is 0.520. The minimum absolute atomic E-state index is 0.0713. The summed E-state index contributed by atoms with van der Waals surface area (Å²) < 4.78 is 0. The molecule has 1 fully saturated rings. The van der Waals surface area contributed by atoms with Gasteiger partial charge in [0.25, 0.3) is 0 Å². The molecule has 7 heteroatoms. The number of anilines is 1. The molecule has 1 aromatic carbocycles. The first kappa shape index (κ1) is 23.7. The Labute approximate surface area is 191 Å². The number of rotatable bonds is 7. The van der Waals surface area contributed by atoms with Gasteiger partial charge in [0.2, 0.25) is 11.8 Å². The number of hydrogen-bond acceptors (Lipinski definition) is 5. The maximum absolute atomic E-state index is 13.4. The van der Waals surface area contributed by atoms with Crippen LogP contribution >= 0.6 is 0 Å². The number of amides is 2. The standard InChI is InChI=1S/C25H35N5O2/c1-18-16-20(26-5)28-22(27-18)25(4)14-9-15-30(17-25)23(32)24(2,3)29-21(31)13-12-19-10-7-6-8-11-19/h6-8,10-11,16H,9,12-15,17H2,1-5H3,(H,29,31)(H,26,27,28)/t25-/m0/s1. The first-order valence-electron chi connectivity index (χ1n) is 11.3. The Balaban J connectivity index is 1.66. The lowest BCUT2D eigenvalue weighted by Gasteiger charge is -2.42. The molecule has 172 valence electrons. The Morgan fingerprint density at radius 1 is 1.19 bits per heavy atom. The van der Waals surface area contributed by atoms with Gasteiger partial charge < -0.3 is 15.5 Å². The van der Waals surface area contributed by atoms with E-state index in [-0.39, 0.29) is 17.2 Å². The monoisotopic (exact) mass is 437 g/mol. The number of aryl methyl sites for hydroxylation is 2. The minimum atomic E-state index is -0.977. The second-order valence-corrected chi connectivity index (χ2v) is 9.52. The molecule has 3 rings (SSSR count). The van der Waals surface area contributed by atoms with Gasteiger partial charge in [0.05, 0.1) is 0 Å². The summed E-state index contributed by atoms with van der Waals surface area (Å²) in [6.07, 6.45) is 2.78. The van der Waals surface area contributed by atoms with E-state index in [1.807, 2.05) is 55.3 Å². The predicted molar refractivity (Wildman–Crippen MR) is 126 cm³/mol. The maximum atomic E-state index is 13.4. The summed E-state index contributed by atoms with van der Waals surface area (Å²) in [7, 11) is 1.84. The fourth-order valence-corrected chi connectivity index (χ4v) is 4.32. The van der Waals surface area contributed by atoms with E-state index in [1.54, 1.807) is 13.8 Å². The summed E-state index contributed by atoms with van der Waals surface area (Å²) in [5.74, 6) is 1.35. The topological polar surface area (TPSA) is 87.2 Å². The Morgan fingerprint density at radius 2 is 1.91 bits per heavy atom. The third kappa shape index (κ3) is 5.64. The molecule has 2 heterocycles. The minimum Gasteiger partial charge on any atom is -0.373 e. The Bertz CT molecular complexity index is 960. The molecule has 0 bridgehead atoms. The molecule has 7 nitrogen and oxygen atoms in total. The van der Waals surface area contributed by atoms with Crippen LogP contribution in [0.4, 0.5) is 5.82 Å². The van der Waals surface area contributed by atoms with Gasteiger partial charge in [-0.25, -0.2) is 9.97 Å². The lowest BCUT2D eigenvalue weighted by Crippen LogP contribution is -2.59. The molecule has 0 radical (unpaired) electrons. The van der Waals surface area contributed by atoms with Gasteiger partial charge in [-0.15, -0.1) is 0 Å². The molecule has 1 aromatic heterocycles. The largest absolute Gasteiger partial charge is 0.373 e. The first-order chi connectivity index (χ1) is 15.1.